The lowest BCUT2D eigenvalue weighted by molar-refractivity contribution is -0.133. The lowest BCUT2D eigenvalue weighted by Gasteiger charge is -2.16. The summed E-state index contributed by atoms with van der Waals surface area (Å²) in [7, 11) is 1.33. The Morgan fingerprint density at radius 3 is 2.23 bits per heavy atom. The highest BCUT2D eigenvalue weighted by atomic mass is 79.9. The molecule has 5 nitrogen and oxygen atoms in total. The summed E-state index contributed by atoms with van der Waals surface area (Å²) in [5.74, 6) is -0.501. The topological polar surface area (TPSA) is 61.8 Å². The van der Waals surface area contributed by atoms with Crippen LogP contribution in [0.5, 0.6) is 0 Å². The number of carbonyl (C=O) groups is 2. The third-order valence-corrected chi connectivity index (χ3v) is 5.58. The van der Waals surface area contributed by atoms with Crippen LogP contribution in [0.3, 0.4) is 0 Å². The van der Waals surface area contributed by atoms with Crippen molar-refractivity contribution in [3.63, 3.8) is 0 Å². The van der Waals surface area contributed by atoms with E-state index < -0.39 is 12.1 Å². The quantitative estimate of drug-likeness (QED) is 0.104. The normalized spacial score (nSPS) is 11.4. The first-order valence-electron chi connectivity index (χ1n) is 9.47. The van der Waals surface area contributed by atoms with Gasteiger partial charge in [0.1, 0.15) is 6.61 Å². The molecule has 0 saturated carbocycles. The largest absolute Gasteiger partial charge is 0.508 e. The number of carbonyl (C=O) groups excluding carboxylic acids is 2. The van der Waals surface area contributed by atoms with Crippen molar-refractivity contribution in [1.82, 2.24) is 0 Å². The van der Waals surface area contributed by atoms with Crippen molar-refractivity contribution < 1.29 is 23.8 Å². The fourth-order valence-corrected chi connectivity index (χ4v) is 3.54. The van der Waals surface area contributed by atoms with E-state index in [-0.39, 0.29) is 13.2 Å². The summed E-state index contributed by atoms with van der Waals surface area (Å²) < 4.78 is 15.5. The Bertz CT molecular complexity index is 850. The van der Waals surface area contributed by atoms with E-state index in [1.165, 1.54) is 7.11 Å². The Kier molecular flexibility index (Phi) is 10.5. The van der Waals surface area contributed by atoms with Crippen LogP contribution in [0, 0.1) is 0 Å². The van der Waals surface area contributed by atoms with E-state index in [0.29, 0.717) is 16.7 Å². The van der Waals surface area contributed by atoms with Gasteiger partial charge in [-0.1, -0.05) is 58.4 Å². The summed E-state index contributed by atoms with van der Waals surface area (Å²) in [4.78, 5) is 25.8. The standard InChI is InChI=1S/C23H25BrO5S/c1-27-22(25)21(18-8-4-3-5-9-18)20(17-10-12-19(30-2)13-11-17)16-29-23(26)28-15-7-6-14-24/h3-5,8-13H,6-7,14-16H2,1-2H3/b21-20+. The molecule has 0 aromatic heterocycles. The minimum atomic E-state index is -0.764. The van der Waals surface area contributed by atoms with Crippen molar-refractivity contribution in [2.45, 2.75) is 17.7 Å². The molecule has 2 aromatic carbocycles. The highest BCUT2D eigenvalue weighted by Crippen LogP contribution is 2.29. The van der Waals surface area contributed by atoms with Gasteiger partial charge in [0.2, 0.25) is 0 Å². The average molecular weight is 493 g/mol. The summed E-state index contributed by atoms with van der Waals surface area (Å²) in [6.07, 6.45) is 2.88. The van der Waals surface area contributed by atoms with Crippen LogP contribution in [0.4, 0.5) is 4.79 Å². The first kappa shape index (κ1) is 24.0. The maximum atomic E-state index is 12.7. The Hall–Kier alpha value is -2.25. The molecule has 30 heavy (non-hydrogen) atoms. The molecule has 0 unspecified atom stereocenters. The van der Waals surface area contributed by atoms with Crippen LogP contribution in [-0.2, 0) is 19.0 Å². The number of hydrogen-bond acceptors (Lipinski definition) is 6. The molecule has 0 saturated heterocycles. The number of hydrogen-bond donors (Lipinski definition) is 0. The number of alkyl halides is 1. The fraction of sp³-hybridized carbons (Fsp3) is 0.304. The van der Waals surface area contributed by atoms with E-state index in [0.717, 1.165) is 28.6 Å². The summed E-state index contributed by atoms with van der Waals surface area (Å²) >= 11 is 4.96. The monoisotopic (exact) mass is 492 g/mol. The van der Waals surface area contributed by atoms with E-state index in [2.05, 4.69) is 15.9 Å². The molecule has 0 aliphatic carbocycles. The molecule has 0 fully saturated rings. The van der Waals surface area contributed by atoms with Crippen molar-refractivity contribution in [2.75, 3.05) is 31.9 Å². The second-order valence-electron chi connectivity index (χ2n) is 6.22. The van der Waals surface area contributed by atoms with Crippen LogP contribution in [0.25, 0.3) is 11.1 Å². The molecule has 0 aliphatic heterocycles. The average Bonchev–Trinajstić information content (AvgIpc) is 2.79. The summed E-state index contributed by atoms with van der Waals surface area (Å²) in [5, 5.41) is 0.851. The first-order chi connectivity index (χ1) is 14.6. The van der Waals surface area contributed by atoms with Crippen LogP contribution in [0.1, 0.15) is 24.0 Å². The molecule has 2 aromatic rings. The van der Waals surface area contributed by atoms with Gasteiger partial charge in [0, 0.05) is 15.8 Å². The highest BCUT2D eigenvalue weighted by molar-refractivity contribution is 9.09. The number of rotatable bonds is 10. The molecule has 0 aliphatic rings. The highest BCUT2D eigenvalue weighted by Gasteiger charge is 2.21. The predicted octanol–water partition coefficient (Wildman–Crippen LogP) is 5.82. The molecule has 0 radical (unpaired) electrons. The molecule has 0 amide bonds. The van der Waals surface area contributed by atoms with Gasteiger partial charge in [0.05, 0.1) is 19.3 Å². The first-order valence-corrected chi connectivity index (χ1v) is 11.8. The van der Waals surface area contributed by atoms with Gasteiger partial charge in [0.15, 0.2) is 0 Å². The second kappa shape index (κ2) is 13.1. The van der Waals surface area contributed by atoms with Crippen molar-refractivity contribution in [3.05, 3.63) is 65.7 Å². The lowest BCUT2D eigenvalue weighted by atomic mass is 9.95. The van der Waals surface area contributed by atoms with Gasteiger partial charge in [-0.3, -0.25) is 0 Å². The van der Waals surface area contributed by atoms with Gasteiger partial charge in [-0.15, -0.1) is 11.8 Å². The molecular weight excluding hydrogens is 468 g/mol. The van der Waals surface area contributed by atoms with Gasteiger partial charge in [-0.2, -0.15) is 0 Å². The Labute approximate surface area is 189 Å². The molecule has 0 heterocycles. The van der Waals surface area contributed by atoms with Crippen molar-refractivity contribution in [2.24, 2.45) is 0 Å². The van der Waals surface area contributed by atoms with Crippen LogP contribution in [0.2, 0.25) is 0 Å². The Morgan fingerprint density at radius 1 is 0.933 bits per heavy atom. The van der Waals surface area contributed by atoms with E-state index in [4.69, 9.17) is 14.2 Å². The van der Waals surface area contributed by atoms with E-state index in [1.54, 1.807) is 11.8 Å². The third-order valence-electron chi connectivity index (χ3n) is 4.27. The molecule has 0 bridgehead atoms. The van der Waals surface area contributed by atoms with Crippen LogP contribution >= 0.6 is 27.7 Å². The number of esters is 1. The number of thioether (sulfide) groups is 1. The molecule has 0 spiro atoms. The smallest absolute Gasteiger partial charge is 0.465 e. The maximum Gasteiger partial charge on any atom is 0.508 e. The minimum Gasteiger partial charge on any atom is -0.465 e. The molecule has 2 rings (SSSR count). The van der Waals surface area contributed by atoms with Crippen molar-refractivity contribution >= 4 is 51.0 Å². The number of benzene rings is 2. The zero-order chi connectivity index (χ0) is 21.8. The zero-order valence-corrected chi connectivity index (χ0v) is 19.5. The SMILES string of the molecule is COC(=O)/C(=C(\COC(=O)OCCCCBr)c1ccc(SC)cc1)c1ccccc1. The molecule has 0 N–H and O–H groups in total. The third kappa shape index (κ3) is 7.22. The van der Waals surface area contributed by atoms with Crippen LogP contribution in [-0.4, -0.2) is 44.0 Å². The second-order valence-corrected chi connectivity index (χ2v) is 7.90. The fourth-order valence-electron chi connectivity index (χ4n) is 2.74. The summed E-state index contributed by atoms with van der Waals surface area (Å²) in [6.45, 7) is 0.170. The number of methoxy groups -OCH3 is 1. The lowest BCUT2D eigenvalue weighted by Crippen LogP contribution is -2.14. The van der Waals surface area contributed by atoms with Crippen molar-refractivity contribution in [3.8, 4) is 0 Å². The van der Waals surface area contributed by atoms with Gasteiger partial charge in [-0.25, -0.2) is 9.59 Å². The number of halogens is 1. The Morgan fingerprint density at radius 2 is 1.63 bits per heavy atom. The number of ether oxygens (including phenoxy) is 3. The molecule has 160 valence electrons. The van der Waals surface area contributed by atoms with Gasteiger partial charge < -0.3 is 14.2 Å². The summed E-state index contributed by atoms with van der Waals surface area (Å²) in [5.41, 5.74) is 2.35. The van der Waals surface area contributed by atoms with Crippen LogP contribution < -0.4 is 0 Å². The number of unbranched alkanes of at least 4 members (excludes halogenated alkanes) is 1. The Balaban J connectivity index is 2.37. The molecule has 7 heteroatoms. The van der Waals surface area contributed by atoms with E-state index in [1.807, 2.05) is 60.9 Å². The minimum absolute atomic E-state index is 0.116. The van der Waals surface area contributed by atoms with Crippen molar-refractivity contribution in [1.29, 1.82) is 0 Å². The van der Waals surface area contributed by atoms with E-state index in [9.17, 15) is 9.59 Å². The summed E-state index contributed by atoms with van der Waals surface area (Å²) in [6, 6.07) is 16.9. The van der Waals surface area contributed by atoms with Crippen LogP contribution in [0.15, 0.2) is 59.5 Å². The van der Waals surface area contributed by atoms with Gasteiger partial charge >= 0.3 is 12.1 Å². The maximum absolute atomic E-state index is 12.7. The van der Waals surface area contributed by atoms with Gasteiger partial charge in [-0.05, 0) is 42.4 Å². The molecule has 0 atom stereocenters. The van der Waals surface area contributed by atoms with E-state index >= 15 is 0 Å². The molecular formula is C23H25BrO5S. The van der Waals surface area contributed by atoms with Gasteiger partial charge in [0.25, 0.3) is 0 Å². The zero-order valence-electron chi connectivity index (χ0n) is 17.1. The predicted molar refractivity (Wildman–Crippen MR) is 124 cm³/mol.